The molecular formula is C11H7F2N3O2S. The summed E-state index contributed by atoms with van der Waals surface area (Å²) in [6, 6.07) is 3.09. The summed E-state index contributed by atoms with van der Waals surface area (Å²) in [4.78, 5) is 26.6. The highest BCUT2D eigenvalue weighted by molar-refractivity contribution is 7.13. The van der Waals surface area contributed by atoms with Crippen molar-refractivity contribution in [2.45, 2.75) is 0 Å². The number of rotatable bonds is 2. The highest BCUT2D eigenvalue weighted by Gasteiger charge is 2.18. The number of nitrogens with zero attached hydrogens (tertiary/aromatic N) is 1. The molecule has 98 valence electrons. The van der Waals surface area contributed by atoms with Crippen molar-refractivity contribution >= 4 is 34.0 Å². The Morgan fingerprint density at radius 2 is 1.74 bits per heavy atom. The molecule has 0 atom stereocenters. The van der Waals surface area contributed by atoms with Gasteiger partial charge in [0.1, 0.15) is 17.3 Å². The molecule has 0 fully saturated rings. The maximum absolute atomic E-state index is 13.3. The molecule has 1 heterocycles. The minimum atomic E-state index is -1.18. The predicted molar refractivity (Wildman–Crippen MR) is 65.7 cm³/mol. The van der Waals surface area contributed by atoms with Gasteiger partial charge in [0.05, 0.1) is 0 Å². The molecule has 0 aliphatic heterocycles. The lowest BCUT2D eigenvalue weighted by Crippen LogP contribution is -2.29. The van der Waals surface area contributed by atoms with Gasteiger partial charge in [-0.25, -0.2) is 13.8 Å². The van der Waals surface area contributed by atoms with Gasteiger partial charge in [0.25, 0.3) is 0 Å². The largest absolute Gasteiger partial charge is 0.315 e. The summed E-state index contributed by atoms with van der Waals surface area (Å²) >= 11 is 1.11. The topological polar surface area (TPSA) is 71.1 Å². The lowest BCUT2D eigenvalue weighted by Gasteiger charge is -2.06. The SMILES string of the molecule is O=C(Nc1nccs1)C(=O)Nc1c(F)cccc1F. The molecule has 2 aromatic rings. The van der Waals surface area contributed by atoms with E-state index in [1.165, 1.54) is 6.20 Å². The van der Waals surface area contributed by atoms with Crippen molar-refractivity contribution in [3.05, 3.63) is 41.4 Å². The minimum absolute atomic E-state index is 0.217. The number of benzene rings is 1. The molecule has 2 amide bonds. The standard InChI is InChI=1S/C11H7F2N3O2S/c12-6-2-1-3-7(13)8(6)15-9(17)10(18)16-11-14-4-5-19-11/h1-5H,(H,15,17)(H,14,16,18). The lowest BCUT2D eigenvalue weighted by molar-refractivity contribution is -0.133. The Balaban J connectivity index is 2.07. The lowest BCUT2D eigenvalue weighted by atomic mass is 10.3. The molecule has 5 nitrogen and oxygen atoms in total. The zero-order valence-corrected chi connectivity index (χ0v) is 10.1. The van der Waals surface area contributed by atoms with Gasteiger partial charge in [0.15, 0.2) is 5.13 Å². The maximum Gasteiger partial charge on any atom is 0.315 e. The van der Waals surface area contributed by atoms with Gasteiger partial charge in [-0.1, -0.05) is 6.07 Å². The molecule has 0 saturated heterocycles. The van der Waals surface area contributed by atoms with Gasteiger partial charge in [0, 0.05) is 11.6 Å². The van der Waals surface area contributed by atoms with E-state index in [9.17, 15) is 18.4 Å². The molecule has 0 unspecified atom stereocenters. The summed E-state index contributed by atoms with van der Waals surface area (Å²) in [6.45, 7) is 0. The first kappa shape index (κ1) is 13.1. The van der Waals surface area contributed by atoms with Gasteiger partial charge in [-0.15, -0.1) is 11.3 Å². The van der Waals surface area contributed by atoms with Crippen molar-refractivity contribution in [3.8, 4) is 0 Å². The number of carbonyl (C=O) groups excluding carboxylic acids is 2. The molecule has 0 spiro atoms. The van der Waals surface area contributed by atoms with E-state index < -0.39 is 29.1 Å². The van der Waals surface area contributed by atoms with Crippen LogP contribution in [0.15, 0.2) is 29.8 Å². The second-order valence-corrected chi connectivity index (χ2v) is 4.24. The summed E-state index contributed by atoms with van der Waals surface area (Å²) in [7, 11) is 0. The van der Waals surface area contributed by atoms with E-state index in [0.29, 0.717) is 0 Å². The van der Waals surface area contributed by atoms with E-state index in [2.05, 4.69) is 10.3 Å². The highest BCUT2D eigenvalue weighted by Crippen LogP contribution is 2.18. The molecular weight excluding hydrogens is 276 g/mol. The fourth-order valence-electron chi connectivity index (χ4n) is 1.23. The Morgan fingerprint density at radius 3 is 2.32 bits per heavy atom. The number of thiazole rings is 1. The Hall–Kier alpha value is -2.35. The van der Waals surface area contributed by atoms with Crippen molar-refractivity contribution in [1.29, 1.82) is 0 Å². The summed E-state index contributed by atoms with van der Waals surface area (Å²) < 4.78 is 26.5. The van der Waals surface area contributed by atoms with Crippen LogP contribution in [0.5, 0.6) is 0 Å². The van der Waals surface area contributed by atoms with Crippen LogP contribution in [0.4, 0.5) is 19.6 Å². The van der Waals surface area contributed by atoms with Gasteiger partial charge in [-0.05, 0) is 12.1 Å². The van der Waals surface area contributed by atoms with Crippen LogP contribution in [0.3, 0.4) is 0 Å². The Kier molecular flexibility index (Phi) is 3.81. The number of amides is 2. The monoisotopic (exact) mass is 283 g/mol. The van der Waals surface area contributed by atoms with Crippen LogP contribution in [0, 0.1) is 11.6 Å². The number of anilines is 2. The van der Waals surface area contributed by atoms with E-state index in [0.717, 1.165) is 29.5 Å². The van der Waals surface area contributed by atoms with Crippen LogP contribution >= 0.6 is 11.3 Å². The fourth-order valence-corrected chi connectivity index (χ4v) is 1.75. The Morgan fingerprint density at radius 1 is 1.11 bits per heavy atom. The predicted octanol–water partition coefficient (Wildman–Crippen LogP) is 2.00. The molecule has 0 aliphatic carbocycles. The molecule has 1 aromatic heterocycles. The van der Waals surface area contributed by atoms with Crippen molar-refractivity contribution in [3.63, 3.8) is 0 Å². The smallest absolute Gasteiger partial charge is 0.313 e. The number of halogens is 2. The summed E-state index contributed by atoms with van der Waals surface area (Å²) in [5.41, 5.74) is -0.665. The first-order valence-corrected chi connectivity index (χ1v) is 5.91. The average Bonchev–Trinajstić information content (AvgIpc) is 2.86. The zero-order chi connectivity index (χ0) is 13.8. The molecule has 0 bridgehead atoms. The second kappa shape index (κ2) is 5.53. The number of para-hydroxylation sites is 1. The van der Waals surface area contributed by atoms with E-state index in [-0.39, 0.29) is 5.13 Å². The van der Waals surface area contributed by atoms with Gasteiger partial charge in [-0.3, -0.25) is 14.9 Å². The zero-order valence-electron chi connectivity index (χ0n) is 9.31. The number of aromatic nitrogens is 1. The Labute approximate surface area is 110 Å². The number of nitrogens with one attached hydrogen (secondary N) is 2. The summed E-state index contributed by atoms with van der Waals surface area (Å²) in [6.07, 6.45) is 1.44. The van der Waals surface area contributed by atoms with Crippen molar-refractivity contribution < 1.29 is 18.4 Å². The quantitative estimate of drug-likeness (QED) is 0.828. The van der Waals surface area contributed by atoms with Gasteiger partial charge >= 0.3 is 11.8 Å². The van der Waals surface area contributed by atoms with Crippen LogP contribution in [-0.4, -0.2) is 16.8 Å². The number of hydrogen-bond acceptors (Lipinski definition) is 4. The fraction of sp³-hybridized carbons (Fsp3) is 0. The van der Waals surface area contributed by atoms with E-state index in [1.54, 1.807) is 5.38 Å². The highest BCUT2D eigenvalue weighted by atomic mass is 32.1. The van der Waals surface area contributed by atoms with Gasteiger partial charge in [-0.2, -0.15) is 0 Å². The van der Waals surface area contributed by atoms with Crippen LogP contribution in [0.2, 0.25) is 0 Å². The molecule has 0 aliphatic rings. The van der Waals surface area contributed by atoms with Crippen LogP contribution in [0.1, 0.15) is 0 Å². The minimum Gasteiger partial charge on any atom is -0.313 e. The van der Waals surface area contributed by atoms with Crippen LogP contribution < -0.4 is 10.6 Å². The third-order valence-corrected chi connectivity index (χ3v) is 2.75. The van der Waals surface area contributed by atoms with Crippen molar-refractivity contribution in [2.24, 2.45) is 0 Å². The molecule has 1 aromatic carbocycles. The van der Waals surface area contributed by atoms with Gasteiger partial charge < -0.3 is 5.32 Å². The first-order valence-electron chi connectivity index (χ1n) is 5.04. The van der Waals surface area contributed by atoms with E-state index >= 15 is 0 Å². The van der Waals surface area contributed by atoms with Crippen molar-refractivity contribution in [1.82, 2.24) is 4.98 Å². The molecule has 8 heteroatoms. The van der Waals surface area contributed by atoms with Gasteiger partial charge in [0.2, 0.25) is 0 Å². The molecule has 2 rings (SSSR count). The second-order valence-electron chi connectivity index (χ2n) is 3.34. The van der Waals surface area contributed by atoms with Crippen LogP contribution in [-0.2, 0) is 9.59 Å². The number of carbonyl (C=O) groups is 2. The summed E-state index contributed by atoms with van der Waals surface area (Å²) in [5.74, 6) is -4.16. The Bertz CT molecular complexity index is 596. The molecule has 0 saturated carbocycles. The molecule has 0 radical (unpaired) electrons. The van der Waals surface area contributed by atoms with E-state index in [4.69, 9.17) is 0 Å². The third-order valence-electron chi connectivity index (χ3n) is 2.06. The maximum atomic E-state index is 13.3. The summed E-state index contributed by atoms with van der Waals surface area (Å²) in [5, 5.41) is 5.88. The first-order chi connectivity index (χ1) is 9.08. The van der Waals surface area contributed by atoms with E-state index in [1.807, 2.05) is 5.32 Å². The normalized spacial score (nSPS) is 10.0. The average molecular weight is 283 g/mol. The number of hydrogen-bond donors (Lipinski definition) is 2. The van der Waals surface area contributed by atoms with Crippen molar-refractivity contribution in [2.75, 3.05) is 10.6 Å². The van der Waals surface area contributed by atoms with Crippen LogP contribution in [0.25, 0.3) is 0 Å². The molecule has 2 N–H and O–H groups in total. The molecule has 19 heavy (non-hydrogen) atoms. The third kappa shape index (κ3) is 3.10.